The van der Waals surface area contributed by atoms with Gasteiger partial charge in [0.25, 0.3) is 0 Å². The third kappa shape index (κ3) is 5.73. The van der Waals surface area contributed by atoms with Crippen molar-refractivity contribution in [3.05, 3.63) is 11.6 Å². The van der Waals surface area contributed by atoms with Gasteiger partial charge in [0.2, 0.25) is 0 Å². The van der Waals surface area contributed by atoms with Gasteiger partial charge in [-0.2, -0.15) is 0 Å². The molecular weight excluding hydrogens is 391 g/mol. The topological polar surface area (TPSA) is 67.1 Å². The van der Waals surface area contributed by atoms with E-state index in [1.54, 1.807) is 0 Å². The summed E-state index contributed by atoms with van der Waals surface area (Å²) in [4.78, 5) is 4.65. The van der Waals surface area contributed by atoms with E-state index in [0.717, 1.165) is 37.1 Å². The highest BCUT2D eigenvalue weighted by atomic mass is 127. The second-order valence-corrected chi connectivity index (χ2v) is 6.56. The summed E-state index contributed by atoms with van der Waals surface area (Å²) in [5.74, 6) is 2.92. The van der Waals surface area contributed by atoms with Gasteiger partial charge < -0.3 is 15.2 Å². The Kier molecular flexibility index (Phi) is 7.58. The molecule has 0 radical (unpaired) electrons. The summed E-state index contributed by atoms with van der Waals surface area (Å²) in [5.41, 5.74) is -0.0112. The summed E-state index contributed by atoms with van der Waals surface area (Å²) in [6, 6.07) is 0. The fourth-order valence-corrected chi connectivity index (χ4v) is 2.47. The number of aliphatic imine (C=N–C) groups is 1. The number of nitrogens with zero attached hydrogens (tertiary/aromatic N) is 4. The van der Waals surface area contributed by atoms with Crippen molar-refractivity contribution in [3.8, 4) is 0 Å². The number of hydrogen-bond acceptors (Lipinski definition) is 3. The fourth-order valence-electron chi connectivity index (χ4n) is 2.47. The molecule has 0 aliphatic carbocycles. The molecule has 1 aromatic rings. The first kappa shape index (κ1) is 19.2. The minimum absolute atomic E-state index is 0. The minimum atomic E-state index is -0.0112. The molecule has 0 saturated carbocycles. The van der Waals surface area contributed by atoms with Gasteiger partial charge in [0.05, 0.1) is 0 Å². The largest absolute Gasteiger partial charge is 0.357 e. The summed E-state index contributed by atoms with van der Waals surface area (Å²) in [5, 5.41) is 15.3. The van der Waals surface area contributed by atoms with Gasteiger partial charge in [-0.3, -0.25) is 0 Å². The first-order valence-corrected chi connectivity index (χ1v) is 7.97. The van der Waals surface area contributed by atoms with Crippen molar-refractivity contribution in [3.63, 3.8) is 0 Å². The van der Waals surface area contributed by atoms with Gasteiger partial charge in [0, 0.05) is 25.0 Å². The average Bonchev–Trinajstić information content (AvgIpc) is 2.63. The van der Waals surface area contributed by atoms with Crippen LogP contribution in [0, 0.1) is 0 Å². The summed E-state index contributed by atoms with van der Waals surface area (Å²) in [6.07, 6.45) is 4.75. The molecule has 1 aromatic heterocycles. The second-order valence-electron chi connectivity index (χ2n) is 6.56. The number of hydrogen-bond donors (Lipinski definition) is 2. The van der Waals surface area contributed by atoms with Gasteiger partial charge in [0.1, 0.15) is 12.4 Å². The predicted octanol–water partition coefficient (Wildman–Crippen LogP) is 2.48. The van der Waals surface area contributed by atoms with E-state index in [4.69, 9.17) is 0 Å². The van der Waals surface area contributed by atoms with Crippen molar-refractivity contribution in [1.82, 2.24) is 25.4 Å². The number of aryl methyl sites for hydroxylation is 1. The molecule has 0 amide bonds. The molecule has 6 nitrogen and oxygen atoms in total. The van der Waals surface area contributed by atoms with Crippen molar-refractivity contribution in [1.29, 1.82) is 0 Å². The molecule has 126 valence electrons. The third-order valence-corrected chi connectivity index (χ3v) is 3.40. The molecular formula is C15H29IN6. The molecule has 2 heterocycles. The highest BCUT2D eigenvalue weighted by Crippen LogP contribution is 2.14. The van der Waals surface area contributed by atoms with Crippen LogP contribution in [0.25, 0.3) is 0 Å². The molecule has 0 fully saturated rings. The predicted molar refractivity (Wildman–Crippen MR) is 101 cm³/mol. The average molecular weight is 420 g/mol. The van der Waals surface area contributed by atoms with Crippen LogP contribution in [0.5, 0.6) is 0 Å². The van der Waals surface area contributed by atoms with Crippen molar-refractivity contribution < 1.29 is 0 Å². The van der Waals surface area contributed by atoms with E-state index in [1.807, 2.05) is 0 Å². The number of halogens is 1. The summed E-state index contributed by atoms with van der Waals surface area (Å²) >= 11 is 0. The lowest BCUT2D eigenvalue weighted by atomic mass is 10.1. The molecule has 2 rings (SSSR count). The van der Waals surface area contributed by atoms with Crippen molar-refractivity contribution in [2.45, 2.75) is 72.0 Å². The van der Waals surface area contributed by atoms with Crippen LogP contribution in [0.1, 0.15) is 58.6 Å². The Hall–Kier alpha value is -0.860. The van der Waals surface area contributed by atoms with E-state index < -0.39 is 0 Å². The molecule has 0 atom stereocenters. The first-order valence-electron chi connectivity index (χ1n) is 7.97. The number of aromatic nitrogens is 3. The molecule has 0 saturated heterocycles. The van der Waals surface area contributed by atoms with Crippen molar-refractivity contribution in [2.75, 3.05) is 6.54 Å². The minimum Gasteiger partial charge on any atom is -0.357 e. The Labute approximate surface area is 150 Å². The molecule has 2 N–H and O–H groups in total. The van der Waals surface area contributed by atoms with Gasteiger partial charge in [-0.05, 0) is 40.5 Å². The third-order valence-electron chi connectivity index (χ3n) is 3.40. The normalized spacial score (nSPS) is 15.5. The quantitative estimate of drug-likeness (QED) is 0.448. The Bertz CT molecular complexity index is 489. The number of guanidine groups is 1. The molecule has 7 heteroatoms. The molecule has 1 aliphatic heterocycles. The molecule has 22 heavy (non-hydrogen) atoms. The van der Waals surface area contributed by atoms with Crippen LogP contribution in [-0.2, 0) is 19.5 Å². The first-order chi connectivity index (χ1) is 9.99. The van der Waals surface area contributed by atoms with Crippen LogP contribution >= 0.6 is 24.0 Å². The van der Waals surface area contributed by atoms with Crippen LogP contribution in [0.3, 0.4) is 0 Å². The zero-order valence-corrected chi connectivity index (χ0v) is 16.5. The zero-order valence-electron chi connectivity index (χ0n) is 14.1. The van der Waals surface area contributed by atoms with E-state index in [-0.39, 0.29) is 29.5 Å². The maximum atomic E-state index is 4.65. The van der Waals surface area contributed by atoms with Crippen LogP contribution < -0.4 is 10.6 Å². The lowest BCUT2D eigenvalue weighted by Gasteiger charge is -2.23. The Morgan fingerprint density at radius 3 is 2.68 bits per heavy atom. The summed E-state index contributed by atoms with van der Waals surface area (Å²) < 4.78 is 2.25. The molecule has 0 unspecified atom stereocenters. The SMILES string of the molecule is CCNC(=NCc1nnc2n1CCCCC2)NC(C)(C)C.I. The van der Waals surface area contributed by atoms with Gasteiger partial charge >= 0.3 is 0 Å². The van der Waals surface area contributed by atoms with Gasteiger partial charge in [-0.15, -0.1) is 34.2 Å². The zero-order chi connectivity index (χ0) is 15.3. The molecule has 0 aromatic carbocycles. The van der Waals surface area contributed by atoms with E-state index in [2.05, 4.69) is 58.1 Å². The number of nitrogens with one attached hydrogen (secondary N) is 2. The lowest BCUT2D eigenvalue weighted by Crippen LogP contribution is -2.47. The smallest absolute Gasteiger partial charge is 0.192 e. The second kappa shape index (κ2) is 8.69. The highest BCUT2D eigenvalue weighted by Gasteiger charge is 2.15. The Morgan fingerprint density at radius 1 is 1.23 bits per heavy atom. The molecule has 0 spiro atoms. The van der Waals surface area contributed by atoms with Gasteiger partial charge in [-0.1, -0.05) is 6.42 Å². The van der Waals surface area contributed by atoms with E-state index in [0.29, 0.717) is 6.54 Å². The van der Waals surface area contributed by atoms with Crippen LogP contribution in [0.15, 0.2) is 4.99 Å². The molecule has 1 aliphatic rings. The van der Waals surface area contributed by atoms with Crippen molar-refractivity contribution in [2.24, 2.45) is 4.99 Å². The highest BCUT2D eigenvalue weighted by molar-refractivity contribution is 14.0. The monoisotopic (exact) mass is 420 g/mol. The number of rotatable bonds is 3. The summed E-state index contributed by atoms with van der Waals surface area (Å²) in [6.45, 7) is 10.9. The number of fused-ring (bicyclic) bond motifs is 1. The maximum absolute atomic E-state index is 4.65. The van der Waals surface area contributed by atoms with E-state index in [1.165, 1.54) is 19.3 Å². The Morgan fingerprint density at radius 2 is 2.00 bits per heavy atom. The van der Waals surface area contributed by atoms with Crippen LogP contribution in [0.2, 0.25) is 0 Å². The van der Waals surface area contributed by atoms with Crippen LogP contribution in [0.4, 0.5) is 0 Å². The lowest BCUT2D eigenvalue weighted by molar-refractivity contribution is 0.501. The Balaban J connectivity index is 0.00000242. The molecule has 0 bridgehead atoms. The van der Waals surface area contributed by atoms with Gasteiger partial charge in [-0.25, -0.2) is 4.99 Å². The van der Waals surface area contributed by atoms with E-state index >= 15 is 0 Å². The standard InChI is InChI=1S/C15H28N6.HI/c1-5-16-14(18-15(2,3)4)17-11-13-20-19-12-9-7-6-8-10-21(12)13;/h5-11H2,1-4H3,(H2,16,17,18);1H. The van der Waals surface area contributed by atoms with Gasteiger partial charge in [0.15, 0.2) is 11.8 Å². The summed E-state index contributed by atoms with van der Waals surface area (Å²) in [7, 11) is 0. The van der Waals surface area contributed by atoms with E-state index in [9.17, 15) is 0 Å². The van der Waals surface area contributed by atoms with Crippen molar-refractivity contribution >= 4 is 29.9 Å². The maximum Gasteiger partial charge on any atom is 0.192 e. The fraction of sp³-hybridized carbons (Fsp3) is 0.800. The van der Waals surface area contributed by atoms with Crippen LogP contribution in [-0.4, -0.2) is 32.8 Å².